The Balaban J connectivity index is 1.96. The maximum absolute atomic E-state index is 11.4. The highest BCUT2D eigenvalue weighted by atomic mass is 16.5. The van der Waals surface area contributed by atoms with Crippen LogP contribution in [-0.4, -0.2) is 25.7 Å². The van der Waals surface area contributed by atoms with E-state index in [4.69, 9.17) is 4.74 Å². The van der Waals surface area contributed by atoms with Crippen LogP contribution in [0.4, 0.5) is 0 Å². The standard InChI is InChI=1S/C10H19NO2/c1-3-7-13-8-6-11-9(12)10(2)4-5-10/h3-8H2,1-2H3,(H,11,12). The molecule has 0 radical (unpaired) electrons. The van der Waals surface area contributed by atoms with Crippen LogP contribution in [0.2, 0.25) is 0 Å². The number of hydrogen-bond donors (Lipinski definition) is 1. The van der Waals surface area contributed by atoms with Gasteiger partial charge in [-0.3, -0.25) is 4.79 Å². The molecule has 1 saturated carbocycles. The van der Waals surface area contributed by atoms with Crippen molar-refractivity contribution < 1.29 is 9.53 Å². The number of carbonyl (C=O) groups is 1. The molecule has 1 N–H and O–H groups in total. The fourth-order valence-corrected chi connectivity index (χ4v) is 1.11. The van der Waals surface area contributed by atoms with Crippen molar-refractivity contribution in [1.29, 1.82) is 0 Å². The first-order chi connectivity index (χ1) is 6.19. The average Bonchev–Trinajstić information content (AvgIpc) is 2.84. The van der Waals surface area contributed by atoms with Gasteiger partial charge in [0.1, 0.15) is 0 Å². The summed E-state index contributed by atoms with van der Waals surface area (Å²) in [5, 5.41) is 2.88. The summed E-state index contributed by atoms with van der Waals surface area (Å²) < 4.78 is 5.25. The zero-order chi connectivity index (χ0) is 9.73. The zero-order valence-electron chi connectivity index (χ0n) is 8.56. The summed E-state index contributed by atoms with van der Waals surface area (Å²) in [5.74, 6) is 0.188. The van der Waals surface area contributed by atoms with Crippen LogP contribution in [-0.2, 0) is 9.53 Å². The third kappa shape index (κ3) is 3.35. The molecule has 3 nitrogen and oxygen atoms in total. The van der Waals surface area contributed by atoms with Gasteiger partial charge in [-0.1, -0.05) is 13.8 Å². The van der Waals surface area contributed by atoms with Crippen molar-refractivity contribution in [3.8, 4) is 0 Å². The van der Waals surface area contributed by atoms with Gasteiger partial charge >= 0.3 is 0 Å². The Bertz CT molecular complexity index is 176. The molecule has 0 heterocycles. The molecule has 1 rings (SSSR count). The van der Waals surface area contributed by atoms with Gasteiger partial charge in [0.25, 0.3) is 0 Å². The smallest absolute Gasteiger partial charge is 0.226 e. The Morgan fingerprint density at radius 2 is 2.15 bits per heavy atom. The van der Waals surface area contributed by atoms with Crippen molar-refractivity contribution in [2.24, 2.45) is 5.41 Å². The lowest BCUT2D eigenvalue weighted by atomic mass is 10.1. The summed E-state index contributed by atoms with van der Waals surface area (Å²) in [7, 11) is 0. The van der Waals surface area contributed by atoms with E-state index < -0.39 is 0 Å². The van der Waals surface area contributed by atoms with Crippen LogP contribution in [0.1, 0.15) is 33.1 Å². The number of rotatable bonds is 6. The molecule has 0 aromatic rings. The van der Waals surface area contributed by atoms with Gasteiger partial charge in [0.2, 0.25) is 5.91 Å². The Hall–Kier alpha value is -0.570. The van der Waals surface area contributed by atoms with Gasteiger partial charge in [-0.05, 0) is 19.3 Å². The number of ether oxygens (including phenoxy) is 1. The maximum atomic E-state index is 11.4. The topological polar surface area (TPSA) is 38.3 Å². The predicted molar refractivity (Wildman–Crippen MR) is 51.5 cm³/mol. The van der Waals surface area contributed by atoms with E-state index in [1.807, 2.05) is 6.92 Å². The molecular formula is C10H19NO2. The minimum absolute atomic E-state index is 0.0508. The number of carbonyl (C=O) groups excluding carboxylic acids is 1. The van der Waals surface area contributed by atoms with Crippen molar-refractivity contribution in [1.82, 2.24) is 5.32 Å². The van der Waals surface area contributed by atoms with Crippen LogP contribution < -0.4 is 5.32 Å². The normalized spacial score (nSPS) is 18.3. The molecule has 0 atom stereocenters. The first-order valence-corrected chi connectivity index (χ1v) is 5.05. The van der Waals surface area contributed by atoms with Crippen LogP contribution in [0, 0.1) is 5.41 Å². The highest BCUT2D eigenvalue weighted by molar-refractivity contribution is 5.84. The van der Waals surface area contributed by atoms with Crippen molar-refractivity contribution in [3.05, 3.63) is 0 Å². The summed E-state index contributed by atoms with van der Waals surface area (Å²) in [6.45, 7) is 6.15. The molecule has 0 spiro atoms. The SMILES string of the molecule is CCCOCCNC(=O)C1(C)CC1. The summed E-state index contributed by atoms with van der Waals surface area (Å²) >= 11 is 0. The maximum Gasteiger partial charge on any atom is 0.226 e. The molecule has 0 unspecified atom stereocenters. The third-order valence-electron chi connectivity index (χ3n) is 2.43. The minimum Gasteiger partial charge on any atom is -0.380 e. The molecular weight excluding hydrogens is 166 g/mol. The first-order valence-electron chi connectivity index (χ1n) is 5.05. The molecule has 0 saturated heterocycles. The molecule has 1 amide bonds. The van der Waals surface area contributed by atoms with Crippen molar-refractivity contribution >= 4 is 5.91 Å². The summed E-state index contributed by atoms with van der Waals surface area (Å²) in [6.07, 6.45) is 3.11. The summed E-state index contributed by atoms with van der Waals surface area (Å²) in [6, 6.07) is 0. The van der Waals surface area contributed by atoms with E-state index in [9.17, 15) is 4.79 Å². The van der Waals surface area contributed by atoms with Crippen LogP contribution in [0.15, 0.2) is 0 Å². The fourth-order valence-electron chi connectivity index (χ4n) is 1.11. The molecule has 0 aliphatic heterocycles. The minimum atomic E-state index is -0.0508. The van der Waals surface area contributed by atoms with Gasteiger partial charge in [0, 0.05) is 18.6 Å². The molecule has 0 bridgehead atoms. The highest BCUT2D eigenvalue weighted by Crippen LogP contribution is 2.44. The Morgan fingerprint density at radius 3 is 2.69 bits per heavy atom. The molecule has 0 aromatic heterocycles. The monoisotopic (exact) mass is 185 g/mol. The average molecular weight is 185 g/mol. The van der Waals surface area contributed by atoms with Crippen molar-refractivity contribution in [2.75, 3.05) is 19.8 Å². The number of nitrogens with one attached hydrogen (secondary N) is 1. The zero-order valence-corrected chi connectivity index (χ0v) is 8.56. The van der Waals surface area contributed by atoms with Crippen LogP contribution in [0.5, 0.6) is 0 Å². The first kappa shape index (κ1) is 10.5. The number of amides is 1. The molecule has 76 valence electrons. The molecule has 13 heavy (non-hydrogen) atoms. The van der Waals surface area contributed by atoms with Gasteiger partial charge in [-0.15, -0.1) is 0 Å². The lowest BCUT2D eigenvalue weighted by molar-refractivity contribution is -0.125. The van der Waals surface area contributed by atoms with E-state index in [1.54, 1.807) is 0 Å². The second-order valence-corrected chi connectivity index (χ2v) is 3.93. The Morgan fingerprint density at radius 1 is 1.46 bits per heavy atom. The quantitative estimate of drug-likeness (QED) is 0.634. The largest absolute Gasteiger partial charge is 0.380 e. The molecule has 1 fully saturated rings. The second-order valence-electron chi connectivity index (χ2n) is 3.93. The fraction of sp³-hybridized carbons (Fsp3) is 0.900. The molecule has 1 aliphatic carbocycles. The van der Waals surface area contributed by atoms with Crippen LogP contribution in [0.3, 0.4) is 0 Å². The second kappa shape index (κ2) is 4.61. The lowest BCUT2D eigenvalue weighted by Crippen LogP contribution is -2.32. The van der Waals surface area contributed by atoms with Gasteiger partial charge in [-0.25, -0.2) is 0 Å². The van der Waals surface area contributed by atoms with E-state index in [0.29, 0.717) is 13.2 Å². The van der Waals surface area contributed by atoms with Crippen LogP contribution >= 0.6 is 0 Å². The third-order valence-corrected chi connectivity index (χ3v) is 2.43. The van der Waals surface area contributed by atoms with Crippen molar-refractivity contribution in [3.63, 3.8) is 0 Å². The summed E-state index contributed by atoms with van der Waals surface area (Å²) in [5.41, 5.74) is -0.0508. The molecule has 3 heteroatoms. The van der Waals surface area contributed by atoms with E-state index >= 15 is 0 Å². The highest BCUT2D eigenvalue weighted by Gasteiger charge is 2.44. The van der Waals surface area contributed by atoms with Gasteiger partial charge < -0.3 is 10.1 Å². The van der Waals surface area contributed by atoms with E-state index in [-0.39, 0.29) is 11.3 Å². The Kier molecular flexibility index (Phi) is 3.72. The summed E-state index contributed by atoms with van der Waals surface area (Å²) in [4.78, 5) is 11.4. The van der Waals surface area contributed by atoms with Gasteiger partial charge in [0.15, 0.2) is 0 Å². The van der Waals surface area contributed by atoms with Gasteiger partial charge in [-0.2, -0.15) is 0 Å². The molecule has 1 aliphatic rings. The Labute approximate surface area is 79.8 Å². The van der Waals surface area contributed by atoms with E-state index in [2.05, 4.69) is 12.2 Å². The predicted octanol–water partition coefficient (Wildman–Crippen LogP) is 1.33. The van der Waals surface area contributed by atoms with E-state index in [1.165, 1.54) is 0 Å². The van der Waals surface area contributed by atoms with Gasteiger partial charge in [0.05, 0.1) is 6.61 Å². The van der Waals surface area contributed by atoms with Crippen LogP contribution in [0.25, 0.3) is 0 Å². The number of hydrogen-bond acceptors (Lipinski definition) is 2. The van der Waals surface area contributed by atoms with E-state index in [0.717, 1.165) is 25.9 Å². The van der Waals surface area contributed by atoms with Crippen molar-refractivity contribution in [2.45, 2.75) is 33.1 Å². The lowest BCUT2D eigenvalue weighted by Gasteiger charge is -2.09. The molecule has 0 aromatic carbocycles.